The first-order valence-corrected chi connectivity index (χ1v) is 7.81. The van der Waals surface area contributed by atoms with Crippen LogP contribution in [-0.2, 0) is 10.0 Å². The van der Waals surface area contributed by atoms with E-state index in [1.54, 1.807) is 28.6 Å². The lowest BCUT2D eigenvalue weighted by Crippen LogP contribution is -2.38. The Bertz CT molecular complexity index is 501. The SMILES string of the molecule is CC1CN(S(=O)(=O)c2ccc(Cl)cc2)CCCN1. The molecule has 1 N–H and O–H groups in total. The first kappa shape index (κ1) is 13.8. The third kappa shape index (κ3) is 3.03. The van der Waals surface area contributed by atoms with Gasteiger partial charge in [-0.2, -0.15) is 4.31 Å². The van der Waals surface area contributed by atoms with Crippen LogP contribution < -0.4 is 5.32 Å². The highest BCUT2D eigenvalue weighted by Crippen LogP contribution is 2.19. The molecule has 1 aromatic rings. The third-order valence-electron chi connectivity index (χ3n) is 3.01. The summed E-state index contributed by atoms with van der Waals surface area (Å²) in [7, 11) is -3.40. The molecule has 1 aromatic carbocycles. The number of nitrogens with zero attached hydrogens (tertiary/aromatic N) is 1. The van der Waals surface area contributed by atoms with Gasteiger partial charge in [0.05, 0.1) is 4.90 Å². The minimum Gasteiger partial charge on any atom is -0.313 e. The summed E-state index contributed by atoms with van der Waals surface area (Å²) in [6.45, 7) is 3.91. The maximum Gasteiger partial charge on any atom is 0.243 e. The van der Waals surface area contributed by atoms with Crippen LogP contribution in [0.3, 0.4) is 0 Å². The van der Waals surface area contributed by atoms with Crippen LogP contribution in [0.4, 0.5) is 0 Å². The lowest BCUT2D eigenvalue weighted by molar-refractivity contribution is 0.403. The molecule has 1 saturated heterocycles. The molecule has 0 radical (unpaired) electrons. The Morgan fingerprint density at radius 3 is 2.67 bits per heavy atom. The normalized spacial score (nSPS) is 22.7. The molecule has 1 atom stereocenters. The van der Waals surface area contributed by atoms with Gasteiger partial charge in [0.15, 0.2) is 0 Å². The van der Waals surface area contributed by atoms with E-state index in [9.17, 15) is 8.42 Å². The van der Waals surface area contributed by atoms with Crippen molar-refractivity contribution in [3.8, 4) is 0 Å². The fourth-order valence-electron chi connectivity index (χ4n) is 2.04. The van der Waals surface area contributed by atoms with Crippen molar-refractivity contribution in [3.05, 3.63) is 29.3 Å². The predicted molar refractivity (Wildman–Crippen MR) is 72.3 cm³/mol. The summed E-state index contributed by atoms with van der Waals surface area (Å²) in [6, 6.07) is 6.50. The van der Waals surface area contributed by atoms with Gasteiger partial charge in [-0.1, -0.05) is 11.6 Å². The average Bonchev–Trinajstić information content (AvgIpc) is 2.55. The van der Waals surface area contributed by atoms with E-state index in [0.29, 0.717) is 23.0 Å². The molecule has 1 unspecified atom stereocenters. The zero-order valence-electron chi connectivity index (χ0n) is 10.3. The number of hydrogen-bond acceptors (Lipinski definition) is 3. The molecule has 18 heavy (non-hydrogen) atoms. The van der Waals surface area contributed by atoms with Gasteiger partial charge in [-0.15, -0.1) is 0 Å². The summed E-state index contributed by atoms with van der Waals surface area (Å²) in [6.07, 6.45) is 0.831. The molecule has 0 saturated carbocycles. The molecule has 0 aliphatic carbocycles. The summed E-state index contributed by atoms with van der Waals surface area (Å²) in [5.74, 6) is 0. The van der Waals surface area contributed by atoms with Crippen LogP contribution in [0.1, 0.15) is 13.3 Å². The van der Waals surface area contributed by atoms with E-state index in [4.69, 9.17) is 11.6 Å². The van der Waals surface area contributed by atoms with Crippen molar-refractivity contribution in [1.82, 2.24) is 9.62 Å². The first-order valence-electron chi connectivity index (χ1n) is 5.99. The van der Waals surface area contributed by atoms with E-state index in [2.05, 4.69) is 5.32 Å². The number of sulfonamides is 1. The predicted octanol–water partition coefficient (Wildman–Crippen LogP) is 1.71. The summed E-state index contributed by atoms with van der Waals surface area (Å²) >= 11 is 5.78. The molecule has 2 rings (SSSR count). The van der Waals surface area contributed by atoms with Crippen molar-refractivity contribution in [2.75, 3.05) is 19.6 Å². The maximum absolute atomic E-state index is 12.5. The molecule has 0 aromatic heterocycles. The third-order valence-corrected chi connectivity index (χ3v) is 5.14. The van der Waals surface area contributed by atoms with E-state index < -0.39 is 10.0 Å². The van der Waals surface area contributed by atoms with Crippen LogP contribution in [0, 0.1) is 0 Å². The standard InChI is InChI=1S/C12H17ClN2O2S/c1-10-9-15(8-2-7-14-10)18(16,17)12-5-3-11(13)4-6-12/h3-6,10,14H,2,7-9H2,1H3. The largest absolute Gasteiger partial charge is 0.313 e. The van der Waals surface area contributed by atoms with Gasteiger partial charge < -0.3 is 5.32 Å². The molecule has 0 spiro atoms. The molecule has 100 valence electrons. The number of nitrogens with one attached hydrogen (secondary N) is 1. The summed E-state index contributed by atoms with van der Waals surface area (Å²) < 4.78 is 26.4. The maximum atomic E-state index is 12.5. The second-order valence-electron chi connectivity index (χ2n) is 4.53. The van der Waals surface area contributed by atoms with Crippen LogP contribution in [0.2, 0.25) is 5.02 Å². The Morgan fingerprint density at radius 2 is 2.00 bits per heavy atom. The average molecular weight is 289 g/mol. The van der Waals surface area contributed by atoms with E-state index in [-0.39, 0.29) is 6.04 Å². The number of hydrogen-bond donors (Lipinski definition) is 1. The summed E-state index contributed by atoms with van der Waals surface area (Å²) in [5.41, 5.74) is 0. The van der Waals surface area contributed by atoms with Crippen LogP contribution in [0.15, 0.2) is 29.2 Å². The minimum atomic E-state index is -3.40. The highest BCUT2D eigenvalue weighted by atomic mass is 35.5. The Morgan fingerprint density at radius 1 is 1.33 bits per heavy atom. The van der Waals surface area contributed by atoms with E-state index in [1.165, 1.54) is 0 Å². The Labute approximate surface area is 113 Å². The highest BCUT2D eigenvalue weighted by Gasteiger charge is 2.27. The van der Waals surface area contributed by atoms with Crippen molar-refractivity contribution in [2.45, 2.75) is 24.3 Å². The molecular formula is C12H17ClN2O2S. The second kappa shape index (κ2) is 5.57. The molecule has 6 heteroatoms. The minimum absolute atomic E-state index is 0.176. The van der Waals surface area contributed by atoms with Gasteiger partial charge in [-0.25, -0.2) is 8.42 Å². The lowest BCUT2D eigenvalue weighted by atomic mass is 10.3. The Kier molecular flexibility index (Phi) is 4.27. The Hall–Kier alpha value is -0.620. The fraction of sp³-hybridized carbons (Fsp3) is 0.500. The van der Waals surface area contributed by atoms with E-state index >= 15 is 0 Å². The number of halogens is 1. The monoisotopic (exact) mass is 288 g/mol. The summed E-state index contributed by atoms with van der Waals surface area (Å²) in [4.78, 5) is 0.306. The van der Waals surface area contributed by atoms with Gasteiger partial charge in [-0.05, 0) is 44.2 Å². The van der Waals surface area contributed by atoms with Crippen LogP contribution in [0.25, 0.3) is 0 Å². The van der Waals surface area contributed by atoms with Crippen molar-refractivity contribution in [3.63, 3.8) is 0 Å². The molecule has 1 aliphatic rings. The first-order chi connectivity index (χ1) is 8.50. The van der Waals surface area contributed by atoms with Gasteiger partial charge >= 0.3 is 0 Å². The van der Waals surface area contributed by atoms with E-state index in [0.717, 1.165) is 13.0 Å². The van der Waals surface area contributed by atoms with Gasteiger partial charge in [0.1, 0.15) is 0 Å². The van der Waals surface area contributed by atoms with E-state index in [1.807, 2.05) is 6.92 Å². The van der Waals surface area contributed by atoms with Crippen molar-refractivity contribution >= 4 is 21.6 Å². The van der Waals surface area contributed by atoms with Crippen LogP contribution in [-0.4, -0.2) is 38.4 Å². The van der Waals surface area contributed by atoms with Crippen molar-refractivity contribution in [1.29, 1.82) is 0 Å². The smallest absolute Gasteiger partial charge is 0.243 e. The van der Waals surface area contributed by atoms with Crippen LogP contribution in [0.5, 0.6) is 0 Å². The molecule has 0 amide bonds. The molecule has 0 bridgehead atoms. The second-order valence-corrected chi connectivity index (χ2v) is 6.90. The lowest BCUT2D eigenvalue weighted by Gasteiger charge is -2.22. The van der Waals surface area contributed by atoms with Gasteiger partial charge in [0.25, 0.3) is 0 Å². The molecule has 4 nitrogen and oxygen atoms in total. The zero-order chi connectivity index (χ0) is 13.2. The van der Waals surface area contributed by atoms with Gasteiger partial charge in [-0.3, -0.25) is 0 Å². The molecular weight excluding hydrogens is 272 g/mol. The summed E-state index contributed by atoms with van der Waals surface area (Å²) in [5, 5.41) is 3.82. The Balaban J connectivity index is 2.26. The number of benzene rings is 1. The molecule has 1 heterocycles. The van der Waals surface area contributed by atoms with Gasteiger partial charge in [0.2, 0.25) is 10.0 Å². The molecule has 1 aliphatic heterocycles. The fourth-order valence-corrected chi connectivity index (χ4v) is 3.73. The van der Waals surface area contributed by atoms with Crippen molar-refractivity contribution < 1.29 is 8.42 Å². The highest BCUT2D eigenvalue weighted by molar-refractivity contribution is 7.89. The van der Waals surface area contributed by atoms with Gasteiger partial charge in [0, 0.05) is 24.2 Å². The van der Waals surface area contributed by atoms with Crippen molar-refractivity contribution in [2.24, 2.45) is 0 Å². The molecule has 1 fully saturated rings. The number of rotatable bonds is 2. The topological polar surface area (TPSA) is 49.4 Å². The quantitative estimate of drug-likeness (QED) is 0.901. The van der Waals surface area contributed by atoms with Crippen LogP contribution >= 0.6 is 11.6 Å². The zero-order valence-corrected chi connectivity index (χ0v) is 11.8.